The number of aromatic carboxylic acids is 1. The SMILES string of the molecule is CCc1oc(C(=O)Nc2cccc(CS(=O)CCOC)c2)cc1C(=O)O. The number of carboxylic acids is 1. The minimum Gasteiger partial charge on any atom is -0.478 e. The van der Waals surface area contributed by atoms with Gasteiger partial charge in [-0.25, -0.2) is 4.79 Å². The monoisotopic (exact) mass is 379 g/mol. The predicted octanol–water partition coefficient (Wildman–Crippen LogP) is 2.69. The molecule has 0 spiro atoms. The van der Waals surface area contributed by atoms with Gasteiger partial charge < -0.3 is 19.6 Å². The highest BCUT2D eigenvalue weighted by atomic mass is 32.2. The number of nitrogens with one attached hydrogen (secondary N) is 1. The van der Waals surface area contributed by atoms with Crippen molar-refractivity contribution in [1.82, 2.24) is 0 Å². The number of carboxylic acid groups (broad SMARTS) is 1. The summed E-state index contributed by atoms with van der Waals surface area (Å²) in [5.74, 6) is -0.679. The summed E-state index contributed by atoms with van der Waals surface area (Å²) in [6.07, 6.45) is 0.373. The summed E-state index contributed by atoms with van der Waals surface area (Å²) in [6.45, 7) is 2.17. The van der Waals surface area contributed by atoms with Crippen molar-refractivity contribution in [3.63, 3.8) is 0 Å². The van der Waals surface area contributed by atoms with Gasteiger partial charge in [0.1, 0.15) is 11.3 Å². The minimum absolute atomic E-state index is 0.0139. The Kier molecular flexibility index (Phi) is 7.11. The van der Waals surface area contributed by atoms with Crippen LogP contribution in [0, 0.1) is 0 Å². The van der Waals surface area contributed by atoms with Crippen LogP contribution in [0.2, 0.25) is 0 Å². The van der Waals surface area contributed by atoms with Gasteiger partial charge >= 0.3 is 5.97 Å². The summed E-state index contributed by atoms with van der Waals surface area (Å²) >= 11 is 0. The van der Waals surface area contributed by atoms with Crippen molar-refractivity contribution < 1.29 is 28.1 Å². The number of hydrogen-bond donors (Lipinski definition) is 2. The van der Waals surface area contributed by atoms with Crippen molar-refractivity contribution in [1.29, 1.82) is 0 Å². The van der Waals surface area contributed by atoms with Crippen molar-refractivity contribution in [2.75, 3.05) is 24.8 Å². The highest BCUT2D eigenvalue weighted by Gasteiger charge is 2.20. The van der Waals surface area contributed by atoms with Gasteiger partial charge in [0.05, 0.1) is 6.61 Å². The highest BCUT2D eigenvalue weighted by Crippen LogP contribution is 2.19. The van der Waals surface area contributed by atoms with Crippen molar-refractivity contribution in [2.24, 2.45) is 0 Å². The zero-order valence-corrected chi connectivity index (χ0v) is 15.4. The summed E-state index contributed by atoms with van der Waals surface area (Å²) in [6, 6.07) is 8.22. The van der Waals surface area contributed by atoms with E-state index in [1.165, 1.54) is 6.07 Å². The molecule has 2 rings (SSSR count). The molecule has 26 heavy (non-hydrogen) atoms. The van der Waals surface area contributed by atoms with Crippen molar-refractivity contribution in [2.45, 2.75) is 19.1 Å². The Bertz CT molecular complexity index is 814. The molecule has 0 saturated carbocycles. The first-order chi connectivity index (χ1) is 12.4. The topological polar surface area (TPSA) is 106 Å². The molecule has 0 radical (unpaired) electrons. The van der Waals surface area contributed by atoms with E-state index in [0.29, 0.717) is 30.2 Å². The van der Waals surface area contributed by atoms with E-state index in [0.717, 1.165) is 5.56 Å². The molecule has 0 bridgehead atoms. The van der Waals surface area contributed by atoms with Gasteiger partial charge in [-0.1, -0.05) is 19.1 Å². The van der Waals surface area contributed by atoms with Crippen LogP contribution in [0.5, 0.6) is 0 Å². The molecule has 0 aliphatic heterocycles. The van der Waals surface area contributed by atoms with Gasteiger partial charge in [0.25, 0.3) is 5.91 Å². The molecule has 1 amide bonds. The van der Waals surface area contributed by atoms with Crippen LogP contribution in [-0.4, -0.2) is 40.7 Å². The van der Waals surface area contributed by atoms with Gasteiger partial charge in [-0.05, 0) is 17.7 Å². The number of carbonyl (C=O) groups excluding carboxylic acids is 1. The maximum absolute atomic E-state index is 12.3. The van der Waals surface area contributed by atoms with E-state index in [1.54, 1.807) is 32.2 Å². The number of anilines is 1. The zero-order chi connectivity index (χ0) is 19.1. The van der Waals surface area contributed by atoms with Crippen LogP contribution in [0.25, 0.3) is 0 Å². The second kappa shape index (κ2) is 9.30. The van der Waals surface area contributed by atoms with Crippen molar-refractivity contribution in [3.05, 3.63) is 53.0 Å². The minimum atomic E-state index is -1.13. The van der Waals surface area contributed by atoms with E-state index < -0.39 is 22.7 Å². The lowest BCUT2D eigenvalue weighted by Crippen LogP contribution is -2.11. The van der Waals surface area contributed by atoms with E-state index >= 15 is 0 Å². The van der Waals surface area contributed by atoms with Crippen LogP contribution in [0.4, 0.5) is 5.69 Å². The first-order valence-corrected chi connectivity index (χ1v) is 9.53. The van der Waals surface area contributed by atoms with E-state index in [1.807, 2.05) is 6.07 Å². The largest absolute Gasteiger partial charge is 0.478 e. The Morgan fingerprint density at radius 2 is 2.08 bits per heavy atom. The van der Waals surface area contributed by atoms with Crippen molar-refractivity contribution in [3.8, 4) is 0 Å². The van der Waals surface area contributed by atoms with E-state index in [9.17, 15) is 13.8 Å². The first kappa shape index (κ1) is 19.9. The number of aryl methyl sites for hydroxylation is 1. The lowest BCUT2D eigenvalue weighted by atomic mass is 10.2. The maximum atomic E-state index is 12.3. The van der Waals surface area contributed by atoms with Gasteiger partial charge in [-0.3, -0.25) is 9.00 Å². The molecule has 7 nitrogen and oxygen atoms in total. The van der Waals surface area contributed by atoms with Crippen LogP contribution in [-0.2, 0) is 27.7 Å². The van der Waals surface area contributed by atoms with Crippen molar-refractivity contribution >= 4 is 28.4 Å². The zero-order valence-electron chi connectivity index (χ0n) is 14.6. The van der Waals surface area contributed by atoms with Gasteiger partial charge in [-0.15, -0.1) is 0 Å². The molecule has 1 unspecified atom stereocenters. The van der Waals surface area contributed by atoms with Crippen LogP contribution >= 0.6 is 0 Å². The molecule has 1 aromatic carbocycles. The molecule has 0 saturated heterocycles. The van der Waals surface area contributed by atoms with Gasteiger partial charge in [-0.2, -0.15) is 0 Å². The molecule has 2 aromatic rings. The Morgan fingerprint density at radius 1 is 1.31 bits per heavy atom. The average Bonchev–Trinajstić information content (AvgIpc) is 3.05. The molecule has 0 aliphatic carbocycles. The lowest BCUT2D eigenvalue weighted by molar-refractivity contribution is 0.0694. The number of methoxy groups -OCH3 is 1. The molecule has 0 aliphatic rings. The third-order valence-corrected chi connectivity index (χ3v) is 4.89. The number of ether oxygens (including phenoxy) is 1. The molecule has 140 valence electrons. The average molecular weight is 379 g/mol. The fraction of sp³-hybridized carbons (Fsp3) is 0.333. The summed E-state index contributed by atoms with van der Waals surface area (Å²) in [4.78, 5) is 23.5. The third-order valence-electron chi connectivity index (χ3n) is 3.61. The highest BCUT2D eigenvalue weighted by molar-refractivity contribution is 7.84. The Labute approximate surface area is 153 Å². The summed E-state index contributed by atoms with van der Waals surface area (Å²) in [5, 5.41) is 11.8. The summed E-state index contributed by atoms with van der Waals surface area (Å²) in [7, 11) is 0.502. The molecule has 1 heterocycles. The van der Waals surface area contributed by atoms with E-state index in [2.05, 4.69) is 5.32 Å². The summed E-state index contributed by atoms with van der Waals surface area (Å²) in [5.41, 5.74) is 1.32. The molecule has 1 atom stereocenters. The molecular weight excluding hydrogens is 358 g/mol. The Morgan fingerprint density at radius 3 is 2.69 bits per heavy atom. The second-order valence-electron chi connectivity index (χ2n) is 5.54. The van der Waals surface area contributed by atoms with E-state index in [4.69, 9.17) is 14.3 Å². The van der Waals surface area contributed by atoms with E-state index in [-0.39, 0.29) is 17.1 Å². The second-order valence-corrected chi connectivity index (χ2v) is 7.12. The molecule has 1 aromatic heterocycles. The number of furan rings is 1. The number of rotatable bonds is 9. The third kappa shape index (κ3) is 5.27. The fourth-order valence-electron chi connectivity index (χ4n) is 2.35. The lowest BCUT2D eigenvalue weighted by Gasteiger charge is -2.06. The van der Waals surface area contributed by atoms with Crippen LogP contribution in [0.15, 0.2) is 34.7 Å². The fourth-order valence-corrected chi connectivity index (χ4v) is 3.40. The van der Waals surface area contributed by atoms with Crippen LogP contribution < -0.4 is 5.32 Å². The number of amides is 1. The van der Waals surface area contributed by atoms with Crippen LogP contribution in [0.3, 0.4) is 0 Å². The molecule has 2 N–H and O–H groups in total. The summed E-state index contributed by atoms with van der Waals surface area (Å²) < 4.78 is 22.2. The smallest absolute Gasteiger partial charge is 0.339 e. The van der Waals surface area contributed by atoms with Gasteiger partial charge in [0.2, 0.25) is 0 Å². The Hall–Kier alpha value is -2.45. The quantitative estimate of drug-likeness (QED) is 0.694. The molecular formula is C18H21NO6S. The first-order valence-electron chi connectivity index (χ1n) is 8.04. The van der Waals surface area contributed by atoms with Gasteiger partial charge in [0, 0.05) is 47.6 Å². The maximum Gasteiger partial charge on any atom is 0.339 e. The Balaban J connectivity index is 2.08. The number of carbonyl (C=O) groups is 2. The number of hydrogen-bond acceptors (Lipinski definition) is 5. The molecule has 8 heteroatoms. The molecule has 0 fully saturated rings. The standard InChI is InChI=1S/C18H21NO6S/c1-3-15-14(18(21)22)10-16(25-15)17(20)19-13-6-4-5-12(9-13)11-26(23)8-7-24-2/h4-6,9-10H,3,7-8,11H2,1-2H3,(H,19,20)(H,21,22). The van der Waals surface area contributed by atoms with Gasteiger partial charge in [0.15, 0.2) is 5.76 Å². The number of benzene rings is 1. The predicted molar refractivity (Wildman–Crippen MR) is 98.0 cm³/mol. The van der Waals surface area contributed by atoms with Crippen LogP contribution in [0.1, 0.15) is 39.2 Å². The normalized spacial score (nSPS) is 11.9.